The van der Waals surface area contributed by atoms with Gasteiger partial charge in [-0.15, -0.1) is 0 Å². The van der Waals surface area contributed by atoms with Crippen molar-refractivity contribution in [1.82, 2.24) is 15.0 Å². The number of anilines is 1. The largest absolute Gasteiger partial charge is 0.356 e. The van der Waals surface area contributed by atoms with Gasteiger partial charge in [0.15, 0.2) is 0 Å². The molecular weight excluding hydrogens is 262 g/mol. The second-order valence-corrected chi connectivity index (χ2v) is 5.15. The maximum Gasteiger partial charge on any atom is 0.241 e. The van der Waals surface area contributed by atoms with Crippen molar-refractivity contribution in [2.24, 2.45) is 5.92 Å². The number of halogens is 2. The number of aryl methyl sites for hydroxylation is 1. The number of fused-ring (bicyclic) bond motifs is 1. The van der Waals surface area contributed by atoms with Gasteiger partial charge in [-0.05, 0) is 25.8 Å². The van der Waals surface area contributed by atoms with Crippen LogP contribution in [0.4, 0.5) is 14.6 Å². The highest BCUT2D eigenvalue weighted by atomic mass is 19.3. The van der Waals surface area contributed by atoms with E-state index in [1.54, 1.807) is 12.4 Å². The van der Waals surface area contributed by atoms with Crippen LogP contribution in [0.2, 0.25) is 0 Å². The van der Waals surface area contributed by atoms with Gasteiger partial charge in [0.05, 0.1) is 11.7 Å². The lowest BCUT2D eigenvalue weighted by atomic mass is 9.97. The normalized spacial score (nSPS) is 17.1. The van der Waals surface area contributed by atoms with Crippen LogP contribution in [0, 0.1) is 12.8 Å². The Morgan fingerprint density at radius 2 is 2.00 bits per heavy atom. The Kier molecular flexibility index (Phi) is 3.46. The van der Waals surface area contributed by atoms with Gasteiger partial charge < -0.3 is 4.90 Å². The minimum absolute atomic E-state index is 0.484. The van der Waals surface area contributed by atoms with Gasteiger partial charge in [-0.2, -0.15) is 0 Å². The number of aromatic nitrogens is 3. The molecular formula is C14H16F2N4. The van der Waals surface area contributed by atoms with Gasteiger partial charge in [-0.25, -0.2) is 18.7 Å². The Morgan fingerprint density at radius 1 is 1.25 bits per heavy atom. The molecule has 3 heterocycles. The number of pyridine rings is 1. The third-order valence-electron chi connectivity index (χ3n) is 3.79. The topological polar surface area (TPSA) is 41.9 Å². The number of piperidine rings is 1. The van der Waals surface area contributed by atoms with Crippen LogP contribution < -0.4 is 4.90 Å². The molecule has 2 aromatic rings. The van der Waals surface area contributed by atoms with E-state index >= 15 is 0 Å². The van der Waals surface area contributed by atoms with Gasteiger partial charge >= 0.3 is 0 Å². The second-order valence-electron chi connectivity index (χ2n) is 5.15. The van der Waals surface area contributed by atoms with Crippen molar-refractivity contribution in [1.29, 1.82) is 0 Å². The Morgan fingerprint density at radius 3 is 2.70 bits per heavy atom. The number of nitrogens with zero attached hydrogens (tertiary/aromatic N) is 4. The zero-order chi connectivity index (χ0) is 14.1. The molecule has 106 valence electrons. The van der Waals surface area contributed by atoms with Crippen molar-refractivity contribution < 1.29 is 8.78 Å². The second kappa shape index (κ2) is 5.26. The van der Waals surface area contributed by atoms with E-state index < -0.39 is 12.3 Å². The SMILES string of the molecule is Cc1nc(N2CCC(C(F)F)CC2)c2ccncc2n1. The molecule has 0 unspecified atom stereocenters. The third-order valence-corrected chi connectivity index (χ3v) is 3.79. The third kappa shape index (κ3) is 2.42. The first-order valence-electron chi connectivity index (χ1n) is 6.76. The van der Waals surface area contributed by atoms with Crippen LogP contribution in [0.15, 0.2) is 18.5 Å². The van der Waals surface area contributed by atoms with Crippen molar-refractivity contribution >= 4 is 16.7 Å². The molecule has 3 rings (SSSR count). The van der Waals surface area contributed by atoms with Crippen molar-refractivity contribution in [3.63, 3.8) is 0 Å². The molecule has 0 amide bonds. The van der Waals surface area contributed by atoms with Gasteiger partial charge in [-0.1, -0.05) is 0 Å². The van der Waals surface area contributed by atoms with E-state index in [0.717, 1.165) is 16.7 Å². The summed E-state index contributed by atoms with van der Waals surface area (Å²) in [5.41, 5.74) is 0.797. The lowest BCUT2D eigenvalue weighted by molar-refractivity contribution is 0.0635. The first kappa shape index (κ1) is 13.1. The van der Waals surface area contributed by atoms with Crippen LogP contribution >= 0.6 is 0 Å². The van der Waals surface area contributed by atoms with Crippen LogP contribution in [-0.4, -0.2) is 34.5 Å². The van der Waals surface area contributed by atoms with E-state index in [9.17, 15) is 8.78 Å². The molecule has 0 bridgehead atoms. The quantitative estimate of drug-likeness (QED) is 0.847. The first-order chi connectivity index (χ1) is 9.65. The Hall–Kier alpha value is -1.85. The van der Waals surface area contributed by atoms with Crippen molar-refractivity contribution in [3.8, 4) is 0 Å². The molecule has 1 fully saturated rings. The molecule has 0 saturated carbocycles. The lowest BCUT2D eigenvalue weighted by Crippen LogP contribution is -2.36. The number of hydrogen-bond acceptors (Lipinski definition) is 4. The average molecular weight is 278 g/mol. The Labute approximate surface area is 115 Å². The molecule has 0 N–H and O–H groups in total. The molecule has 1 saturated heterocycles. The van der Waals surface area contributed by atoms with Gasteiger partial charge in [0.1, 0.15) is 11.6 Å². The number of alkyl halides is 2. The van der Waals surface area contributed by atoms with Crippen LogP contribution in [0.3, 0.4) is 0 Å². The van der Waals surface area contributed by atoms with Gasteiger partial charge in [0.25, 0.3) is 0 Å². The summed E-state index contributed by atoms with van der Waals surface area (Å²) < 4.78 is 25.4. The molecule has 0 atom stereocenters. The summed E-state index contributed by atoms with van der Waals surface area (Å²) in [5, 5.41) is 0.932. The fraction of sp³-hybridized carbons (Fsp3) is 0.500. The molecule has 20 heavy (non-hydrogen) atoms. The lowest BCUT2D eigenvalue weighted by Gasteiger charge is -2.33. The Bertz CT molecular complexity index is 609. The Balaban J connectivity index is 1.91. The molecule has 4 nitrogen and oxygen atoms in total. The number of hydrogen-bond donors (Lipinski definition) is 0. The van der Waals surface area contributed by atoms with E-state index in [2.05, 4.69) is 19.9 Å². The smallest absolute Gasteiger partial charge is 0.241 e. The number of rotatable bonds is 2. The van der Waals surface area contributed by atoms with Gasteiger partial charge in [0.2, 0.25) is 6.43 Å². The summed E-state index contributed by atoms with van der Waals surface area (Å²) in [6, 6.07) is 1.88. The highest BCUT2D eigenvalue weighted by molar-refractivity contribution is 5.88. The molecule has 1 aliphatic heterocycles. The maximum atomic E-state index is 12.7. The van der Waals surface area contributed by atoms with Gasteiger partial charge in [0, 0.05) is 30.6 Å². The van der Waals surface area contributed by atoms with E-state index in [1.165, 1.54) is 0 Å². The monoisotopic (exact) mass is 278 g/mol. The first-order valence-corrected chi connectivity index (χ1v) is 6.76. The molecule has 1 aliphatic rings. The summed E-state index contributed by atoms with van der Waals surface area (Å²) in [6.45, 7) is 3.06. The highest BCUT2D eigenvalue weighted by Crippen LogP contribution is 2.29. The van der Waals surface area contributed by atoms with Crippen LogP contribution in [0.25, 0.3) is 10.9 Å². The predicted molar refractivity (Wildman–Crippen MR) is 73.0 cm³/mol. The summed E-state index contributed by atoms with van der Waals surface area (Å²) in [7, 11) is 0. The molecule has 6 heteroatoms. The van der Waals surface area contributed by atoms with Gasteiger partial charge in [-0.3, -0.25) is 4.98 Å². The minimum atomic E-state index is -2.22. The van der Waals surface area contributed by atoms with Crippen molar-refractivity contribution in [2.75, 3.05) is 18.0 Å². The van der Waals surface area contributed by atoms with Crippen molar-refractivity contribution in [2.45, 2.75) is 26.2 Å². The highest BCUT2D eigenvalue weighted by Gasteiger charge is 2.27. The van der Waals surface area contributed by atoms with E-state index in [4.69, 9.17) is 0 Å². The zero-order valence-corrected chi connectivity index (χ0v) is 11.3. The average Bonchev–Trinajstić information content (AvgIpc) is 2.46. The minimum Gasteiger partial charge on any atom is -0.356 e. The fourth-order valence-corrected chi connectivity index (χ4v) is 2.68. The predicted octanol–water partition coefficient (Wildman–Crippen LogP) is 2.81. The summed E-state index contributed by atoms with van der Waals surface area (Å²) in [5.74, 6) is 1.03. The molecule has 0 radical (unpaired) electrons. The molecule has 2 aromatic heterocycles. The molecule has 0 aliphatic carbocycles. The standard InChI is InChI=1S/C14H16F2N4/c1-9-18-12-8-17-5-2-11(12)14(19-9)20-6-3-10(4-7-20)13(15)16/h2,5,8,10,13H,3-4,6-7H2,1H3. The molecule has 0 aromatic carbocycles. The van der Waals surface area contributed by atoms with Crippen LogP contribution in [-0.2, 0) is 0 Å². The fourth-order valence-electron chi connectivity index (χ4n) is 2.68. The zero-order valence-electron chi connectivity index (χ0n) is 11.3. The summed E-state index contributed by atoms with van der Waals surface area (Å²) in [4.78, 5) is 15.0. The summed E-state index contributed by atoms with van der Waals surface area (Å²) in [6.07, 6.45) is 2.21. The summed E-state index contributed by atoms with van der Waals surface area (Å²) >= 11 is 0. The van der Waals surface area contributed by atoms with E-state index in [1.807, 2.05) is 13.0 Å². The van der Waals surface area contributed by atoms with E-state index in [0.29, 0.717) is 31.8 Å². The maximum absolute atomic E-state index is 12.7. The van der Waals surface area contributed by atoms with Crippen LogP contribution in [0.5, 0.6) is 0 Å². The molecule has 0 spiro atoms. The van der Waals surface area contributed by atoms with Crippen molar-refractivity contribution in [3.05, 3.63) is 24.3 Å². The van der Waals surface area contributed by atoms with E-state index in [-0.39, 0.29) is 0 Å². The van der Waals surface area contributed by atoms with Crippen LogP contribution in [0.1, 0.15) is 18.7 Å².